The van der Waals surface area contributed by atoms with Gasteiger partial charge in [-0.1, -0.05) is 19.1 Å². The number of likely N-dealkylation sites (tertiary alicyclic amines) is 1. The normalized spacial score (nSPS) is 14.8. The van der Waals surface area contributed by atoms with Crippen LogP contribution in [0.4, 0.5) is 10.5 Å². The van der Waals surface area contributed by atoms with Crippen LogP contribution in [0, 0.1) is 5.41 Å². The van der Waals surface area contributed by atoms with Crippen LogP contribution in [-0.4, -0.2) is 71.0 Å². The highest BCUT2D eigenvalue weighted by Crippen LogP contribution is 2.33. The minimum Gasteiger partial charge on any atom is -0.444 e. The molecular weight excluding hydrogens is 504 g/mol. The number of hydrogen-bond acceptors (Lipinski definition) is 7. The van der Waals surface area contributed by atoms with Gasteiger partial charge in [-0.15, -0.1) is 0 Å². The molecule has 12 heteroatoms. The Balaban J connectivity index is 1.65. The number of rotatable bonds is 11. The van der Waals surface area contributed by atoms with E-state index in [-0.39, 0.29) is 44.6 Å². The maximum atomic E-state index is 13.4. The standard InChI is InChI=1S/C27H38N6O6/c1-5-20-6-8-21(9-7-20)33(19-34)38-18-27(24(36)30-16-22-28-12-13-29-22)10-14-32(15-11-27)23(35)17-31-25(37)39-26(2,3)4/h6-9,12-13,19H,5,10-11,14-18H2,1-4H3,(H,28,29)(H,30,36)(H,31,37). The maximum absolute atomic E-state index is 13.4. The molecule has 12 nitrogen and oxygen atoms in total. The van der Waals surface area contributed by atoms with Crippen molar-refractivity contribution in [3.8, 4) is 0 Å². The first-order valence-corrected chi connectivity index (χ1v) is 13.0. The van der Waals surface area contributed by atoms with E-state index >= 15 is 0 Å². The lowest BCUT2D eigenvalue weighted by molar-refractivity contribution is -0.145. The average molecular weight is 543 g/mol. The van der Waals surface area contributed by atoms with Crippen LogP contribution in [0.5, 0.6) is 0 Å². The molecule has 1 saturated heterocycles. The average Bonchev–Trinajstić information content (AvgIpc) is 3.44. The molecule has 1 aliphatic heterocycles. The molecular formula is C27H38N6O6. The molecule has 4 amide bonds. The number of carbonyl (C=O) groups excluding carboxylic acids is 4. The molecule has 3 N–H and O–H groups in total. The summed E-state index contributed by atoms with van der Waals surface area (Å²) in [4.78, 5) is 64.5. The number of aryl methyl sites for hydroxylation is 1. The summed E-state index contributed by atoms with van der Waals surface area (Å²) in [5.41, 5.74) is 0.00621. The van der Waals surface area contributed by atoms with Crippen LogP contribution in [0.15, 0.2) is 36.7 Å². The van der Waals surface area contributed by atoms with E-state index in [1.165, 1.54) is 0 Å². The number of nitrogens with one attached hydrogen (secondary N) is 3. The van der Waals surface area contributed by atoms with Crippen molar-refractivity contribution in [3.63, 3.8) is 0 Å². The second-order valence-corrected chi connectivity index (χ2v) is 10.5. The number of hydroxylamine groups is 1. The fraction of sp³-hybridized carbons (Fsp3) is 0.519. The van der Waals surface area contributed by atoms with Gasteiger partial charge < -0.3 is 25.3 Å². The third-order valence-corrected chi connectivity index (χ3v) is 6.48. The minimum atomic E-state index is -0.993. The Hall–Kier alpha value is -3.93. The highest BCUT2D eigenvalue weighted by Gasteiger charge is 2.43. The first-order chi connectivity index (χ1) is 18.5. The van der Waals surface area contributed by atoms with Crippen LogP contribution < -0.4 is 15.7 Å². The van der Waals surface area contributed by atoms with Crippen LogP contribution in [0.1, 0.15) is 51.9 Å². The molecule has 0 radical (unpaired) electrons. The van der Waals surface area contributed by atoms with Gasteiger partial charge in [-0.05, 0) is 57.7 Å². The SMILES string of the molecule is CCc1ccc(N(C=O)OCC2(C(=O)NCc3ncc[nH]3)CCN(C(=O)CNC(=O)OC(C)(C)C)CC2)cc1. The van der Waals surface area contributed by atoms with E-state index in [1.54, 1.807) is 50.2 Å². The lowest BCUT2D eigenvalue weighted by Crippen LogP contribution is -2.54. The molecule has 1 aromatic heterocycles. The Labute approximate surface area is 228 Å². The summed E-state index contributed by atoms with van der Waals surface area (Å²) in [5.74, 6) is 0.0627. The van der Waals surface area contributed by atoms with E-state index in [0.29, 0.717) is 30.8 Å². The van der Waals surface area contributed by atoms with E-state index in [2.05, 4.69) is 20.6 Å². The van der Waals surface area contributed by atoms with Gasteiger partial charge in [-0.3, -0.25) is 19.2 Å². The third kappa shape index (κ3) is 8.54. The zero-order valence-electron chi connectivity index (χ0n) is 23.0. The first kappa shape index (κ1) is 29.6. The van der Waals surface area contributed by atoms with Crippen LogP contribution in [-0.2, 0) is 36.9 Å². The molecule has 2 heterocycles. The second kappa shape index (κ2) is 13.2. The number of benzene rings is 1. The lowest BCUT2D eigenvalue weighted by atomic mass is 9.78. The first-order valence-electron chi connectivity index (χ1n) is 13.0. The molecule has 0 spiro atoms. The maximum Gasteiger partial charge on any atom is 0.408 e. The monoisotopic (exact) mass is 542 g/mol. The summed E-state index contributed by atoms with van der Waals surface area (Å²) in [6.45, 7) is 7.73. The Morgan fingerprint density at radius 1 is 1.15 bits per heavy atom. The number of piperidine rings is 1. The molecule has 1 aliphatic rings. The molecule has 1 fully saturated rings. The third-order valence-electron chi connectivity index (χ3n) is 6.48. The van der Waals surface area contributed by atoms with Crippen LogP contribution in [0.2, 0.25) is 0 Å². The molecule has 39 heavy (non-hydrogen) atoms. The number of nitrogens with zero attached hydrogens (tertiary/aromatic N) is 3. The lowest BCUT2D eigenvalue weighted by Gasteiger charge is -2.40. The van der Waals surface area contributed by atoms with Gasteiger partial charge in [0.15, 0.2) is 0 Å². The quantitative estimate of drug-likeness (QED) is 0.292. The summed E-state index contributed by atoms with van der Waals surface area (Å²) in [5, 5.41) is 6.49. The number of aromatic nitrogens is 2. The second-order valence-electron chi connectivity index (χ2n) is 10.5. The van der Waals surface area contributed by atoms with Gasteiger partial charge >= 0.3 is 6.09 Å². The Kier molecular flexibility index (Phi) is 10.0. The van der Waals surface area contributed by atoms with Crippen molar-refractivity contribution >= 4 is 30.0 Å². The topological polar surface area (TPSA) is 146 Å². The van der Waals surface area contributed by atoms with E-state index < -0.39 is 17.1 Å². The molecule has 0 unspecified atom stereocenters. The number of amides is 4. The molecule has 2 aromatic rings. The van der Waals surface area contributed by atoms with Crippen molar-refractivity contribution in [3.05, 3.63) is 48.0 Å². The largest absolute Gasteiger partial charge is 0.444 e. The van der Waals surface area contributed by atoms with E-state index in [1.807, 2.05) is 19.1 Å². The molecule has 0 saturated carbocycles. The molecule has 1 aromatic carbocycles. The number of hydrogen-bond donors (Lipinski definition) is 3. The fourth-order valence-electron chi connectivity index (χ4n) is 4.18. The van der Waals surface area contributed by atoms with Crippen LogP contribution in [0.25, 0.3) is 0 Å². The summed E-state index contributed by atoms with van der Waals surface area (Å²) >= 11 is 0. The minimum absolute atomic E-state index is 0.0660. The van der Waals surface area contributed by atoms with Gasteiger partial charge in [0, 0.05) is 25.5 Å². The van der Waals surface area contributed by atoms with Gasteiger partial charge in [0.1, 0.15) is 18.0 Å². The number of aromatic amines is 1. The van der Waals surface area contributed by atoms with E-state index in [4.69, 9.17) is 9.57 Å². The zero-order valence-corrected chi connectivity index (χ0v) is 23.0. The number of imidazole rings is 1. The fourth-order valence-corrected chi connectivity index (χ4v) is 4.18. The predicted octanol–water partition coefficient (Wildman–Crippen LogP) is 2.32. The molecule has 3 rings (SSSR count). The number of carbonyl (C=O) groups is 4. The molecule has 212 valence electrons. The van der Waals surface area contributed by atoms with E-state index in [9.17, 15) is 19.2 Å². The van der Waals surface area contributed by atoms with Gasteiger partial charge in [-0.25, -0.2) is 9.78 Å². The van der Waals surface area contributed by atoms with Crippen molar-refractivity contribution in [2.24, 2.45) is 5.41 Å². The smallest absolute Gasteiger partial charge is 0.408 e. The van der Waals surface area contributed by atoms with Gasteiger partial charge in [0.05, 0.1) is 24.3 Å². The van der Waals surface area contributed by atoms with Gasteiger partial charge in [-0.2, -0.15) is 5.06 Å². The van der Waals surface area contributed by atoms with Crippen molar-refractivity contribution in [1.29, 1.82) is 0 Å². The van der Waals surface area contributed by atoms with Gasteiger partial charge in [0.25, 0.3) is 0 Å². The number of H-pyrrole nitrogens is 1. The van der Waals surface area contributed by atoms with E-state index in [0.717, 1.165) is 17.0 Å². The highest BCUT2D eigenvalue weighted by atomic mass is 16.7. The molecule has 0 bridgehead atoms. The van der Waals surface area contributed by atoms with Crippen LogP contribution in [0.3, 0.4) is 0 Å². The van der Waals surface area contributed by atoms with Crippen molar-refractivity contribution in [2.45, 2.75) is 59.1 Å². The summed E-state index contributed by atoms with van der Waals surface area (Å²) in [6.07, 6.45) is 4.63. The summed E-state index contributed by atoms with van der Waals surface area (Å²) in [7, 11) is 0. The Bertz CT molecular complexity index is 1100. The predicted molar refractivity (Wildman–Crippen MR) is 143 cm³/mol. The molecule has 0 aliphatic carbocycles. The van der Waals surface area contributed by atoms with Crippen molar-refractivity contribution in [2.75, 3.05) is 31.3 Å². The number of alkyl carbamates (subject to hydrolysis) is 1. The summed E-state index contributed by atoms with van der Waals surface area (Å²) < 4.78 is 5.18. The highest BCUT2D eigenvalue weighted by molar-refractivity contribution is 5.85. The molecule has 0 atom stereocenters. The summed E-state index contributed by atoms with van der Waals surface area (Å²) in [6, 6.07) is 7.40. The number of anilines is 1. The van der Waals surface area contributed by atoms with Crippen molar-refractivity contribution in [1.82, 2.24) is 25.5 Å². The number of ether oxygens (including phenoxy) is 1. The van der Waals surface area contributed by atoms with Crippen LogP contribution >= 0.6 is 0 Å². The zero-order chi connectivity index (χ0) is 28.5. The van der Waals surface area contributed by atoms with Crippen molar-refractivity contribution < 1.29 is 28.8 Å². The Morgan fingerprint density at radius 2 is 1.85 bits per heavy atom. The van der Waals surface area contributed by atoms with Gasteiger partial charge in [0.2, 0.25) is 18.2 Å². The Morgan fingerprint density at radius 3 is 2.41 bits per heavy atom.